The number of anilines is 2. The summed E-state index contributed by atoms with van der Waals surface area (Å²) < 4.78 is 5.40. The van der Waals surface area contributed by atoms with Crippen molar-refractivity contribution in [1.29, 1.82) is 0 Å². The van der Waals surface area contributed by atoms with Crippen LogP contribution in [0.25, 0.3) is 0 Å². The molecule has 0 unspecified atom stereocenters. The fourth-order valence-corrected chi connectivity index (χ4v) is 2.65. The van der Waals surface area contributed by atoms with E-state index in [4.69, 9.17) is 15.3 Å². The highest BCUT2D eigenvalue weighted by Gasteiger charge is 2.32. The molecule has 23 heavy (non-hydrogen) atoms. The number of carbonyl (C=O) groups is 1. The van der Waals surface area contributed by atoms with Gasteiger partial charge in [-0.3, -0.25) is 0 Å². The number of piperidine rings is 1. The lowest BCUT2D eigenvalue weighted by molar-refractivity contribution is 0.0640. The molecule has 1 aromatic rings. The predicted molar refractivity (Wildman–Crippen MR) is 91.5 cm³/mol. The fourth-order valence-electron chi connectivity index (χ4n) is 2.65. The Balaban J connectivity index is 2.30. The first-order valence-electron chi connectivity index (χ1n) is 8.04. The molecule has 1 saturated heterocycles. The van der Waals surface area contributed by atoms with Crippen LogP contribution in [0.1, 0.15) is 40.0 Å². The largest absolute Gasteiger partial charge is 0.494 e. The lowest BCUT2D eigenvalue weighted by Gasteiger charge is -2.38. The zero-order valence-corrected chi connectivity index (χ0v) is 14.5. The second-order valence-electron chi connectivity index (χ2n) is 6.77. The summed E-state index contributed by atoms with van der Waals surface area (Å²) in [5, 5.41) is 1.55. The van der Waals surface area contributed by atoms with E-state index in [1.54, 1.807) is 29.2 Å². The maximum absolute atomic E-state index is 12.5. The van der Waals surface area contributed by atoms with Crippen LogP contribution in [0.2, 0.25) is 0 Å². The summed E-state index contributed by atoms with van der Waals surface area (Å²) in [6.45, 7) is 7.35. The van der Waals surface area contributed by atoms with Crippen LogP contribution in [-0.4, -0.2) is 36.7 Å². The molecule has 0 aliphatic carbocycles. The van der Waals surface area contributed by atoms with Crippen LogP contribution in [-0.2, 0) is 4.84 Å². The second kappa shape index (κ2) is 6.98. The van der Waals surface area contributed by atoms with Crippen LogP contribution < -0.4 is 15.5 Å². The summed E-state index contributed by atoms with van der Waals surface area (Å²) in [5.74, 6) is 0.575. The van der Waals surface area contributed by atoms with Gasteiger partial charge in [-0.15, -0.1) is 0 Å². The van der Waals surface area contributed by atoms with Gasteiger partial charge in [-0.05, 0) is 52.2 Å². The summed E-state index contributed by atoms with van der Waals surface area (Å²) in [4.78, 5) is 20.0. The molecule has 0 radical (unpaired) electrons. The number of amides is 1. The number of likely N-dealkylation sites (tertiary alicyclic amines) is 1. The smallest absolute Gasteiger partial charge is 0.434 e. The minimum Gasteiger partial charge on any atom is -0.494 e. The number of hydroxylamine groups is 1. The summed E-state index contributed by atoms with van der Waals surface area (Å²) in [5.41, 5.74) is 6.74. The van der Waals surface area contributed by atoms with Crippen molar-refractivity contribution in [1.82, 2.24) is 4.90 Å². The van der Waals surface area contributed by atoms with Crippen molar-refractivity contribution in [3.63, 3.8) is 0 Å². The van der Waals surface area contributed by atoms with E-state index in [1.165, 1.54) is 0 Å². The van der Waals surface area contributed by atoms with Crippen molar-refractivity contribution < 1.29 is 14.4 Å². The predicted octanol–water partition coefficient (Wildman–Crippen LogP) is 3.42. The molecule has 0 bridgehead atoms. The number of rotatable bonds is 3. The number of nitrogens with two attached hydrogens (primary N) is 1. The first kappa shape index (κ1) is 17.2. The number of benzene rings is 1. The summed E-state index contributed by atoms with van der Waals surface area (Å²) >= 11 is 0. The molecule has 128 valence electrons. The van der Waals surface area contributed by atoms with Gasteiger partial charge in [0.1, 0.15) is 11.4 Å². The molecule has 1 aromatic carbocycles. The maximum Gasteiger partial charge on any atom is 0.434 e. The average molecular weight is 321 g/mol. The van der Waals surface area contributed by atoms with Crippen LogP contribution in [0.4, 0.5) is 16.2 Å². The van der Waals surface area contributed by atoms with Crippen molar-refractivity contribution in [2.75, 3.05) is 31.0 Å². The molecule has 0 spiro atoms. The van der Waals surface area contributed by atoms with E-state index in [0.717, 1.165) is 32.4 Å². The molecule has 1 fully saturated rings. The van der Waals surface area contributed by atoms with Crippen LogP contribution in [0.15, 0.2) is 18.2 Å². The van der Waals surface area contributed by atoms with E-state index in [0.29, 0.717) is 17.1 Å². The van der Waals surface area contributed by atoms with E-state index in [1.807, 2.05) is 26.8 Å². The third kappa shape index (κ3) is 4.00. The zero-order chi connectivity index (χ0) is 17.0. The SMILES string of the molecule is COc1cccc(N)c1N(OC(=O)N1CCCCC1)C(C)(C)C. The third-order valence-corrected chi connectivity index (χ3v) is 3.85. The Bertz CT molecular complexity index is 549. The van der Waals surface area contributed by atoms with E-state index < -0.39 is 5.54 Å². The van der Waals surface area contributed by atoms with Gasteiger partial charge in [0.25, 0.3) is 0 Å². The number of methoxy groups -OCH3 is 1. The Morgan fingerprint density at radius 1 is 1.22 bits per heavy atom. The molecule has 1 heterocycles. The molecule has 1 aliphatic heterocycles. The Hall–Kier alpha value is -2.11. The minimum absolute atomic E-state index is 0.343. The molecule has 0 aromatic heterocycles. The molecular formula is C17H27N3O3. The Labute approximate surface area is 138 Å². The molecule has 0 atom stereocenters. The van der Waals surface area contributed by atoms with Gasteiger partial charge in [-0.2, -0.15) is 5.06 Å². The number of hydrogen-bond acceptors (Lipinski definition) is 5. The number of hydrogen-bond donors (Lipinski definition) is 1. The lowest BCUT2D eigenvalue weighted by atomic mass is 10.1. The van der Waals surface area contributed by atoms with Crippen LogP contribution in [0, 0.1) is 0 Å². The van der Waals surface area contributed by atoms with Gasteiger partial charge in [0.05, 0.1) is 18.3 Å². The van der Waals surface area contributed by atoms with Gasteiger partial charge in [0.2, 0.25) is 0 Å². The topological polar surface area (TPSA) is 68.0 Å². The van der Waals surface area contributed by atoms with Gasteiger partial charge in [-0.25, -0.2) is 4.79 Å². The number of nitrogen functional groups attached to an aromatic ring is 1. The van der Waals surface area contributed by atoms with Crippen molar-refractivity contribution >= 4 is 17.5 Å². The molecule has 0 saturated carbocycles. The first-order chi connectivity index (χ1) is 10.8. The quantitative estimate of drug-likeness (QED) is 0.682. The van der Waals surface area contributed by atoms with Crippen LogP contribution >= 0.6 is 0 Å². The van der Waals surface area contributed by atoms with Gasteiger partial charge in [0, 0.05) is 13.1 Å². The normalized spacial score (nSPS) is 15.2. The Morgan fingerprint density at radius 3 is 2.43 bits per heavy atom. The number of nitrogens with zero attached hydrogens (tertiary/aromatic N) is 2. The minimum atomic E-state index is -0.464. The van der Waals surface area contributed by atoms with Gasteiger partial charge < -0.3 is 20.2 Å². The molecule has 1 aliphatic rings. The van der Waals surface area contributed by atoms with Gasteiger partial charge in [-0.1, -0.05) is 6.07 Å². The summed E-state index contributed by atoms with van der Waals surface area (Å²) in [6, 6.07) is 5.38. The zero-order valence-electron chi connectivity index (χ0n) is 14.5. The van der Waals surface area contributed by atoms with Crippen molar-refractivity contribution in [2.45, 2.75) is 45.6 Å². The summed E-state index contributed by atoms with van der Waals surface area (Å²) in [6.07, 6.45) is 2.85. The highest BCUT2D eigenvalue weighted by Crippen LogP contribution is 2.38. The maximum atomic E-state index is 12.5. The van der Waals surface area contributed by atoms with Crippen molar-refractivity contribution in [3.05, 3.63) is 18.2 Å². The molecular weight excluding hydrogens is 294 g/mol. The van der Waals surface area contributed by atoms with E-state index in [9.17, 15) is 4.79 Å². The number of ether oxygens (including phenoxy) is 1. The lowest BCUT2D eigenvalue weighted by Crippen LogP contribution is -2.47. The molecule has 1 amide bonds. The van der Waals surface area contributed by atoms with Crippen LogP contribution in [0.3, 0.4) is 0 Å². The van der Waals surface area contributed by atoms with Crippen LogP contribution in [0.5, 0.6) is 5.75 Å². The van der Waals surface area contributed by atoms with Crippen molar-refractivity contribution in [3.8, 4) is 5.75 Å². The Kier molecular flexibility index (Phi) is 5.23. The van der Waals surface area contributed by atoms with E-state index in [-0.39, 0.29) is 6.09 Å². The van der Waals surface area contributed by atoms with Crippen molar-refractivity contribution in [2.24, 2.45) is 0 Å². The van der Waals surface area contributed by atoms with Gasteiger partial charge in [0.15, 0.2) is 0 Å². The standard InChI is InChI=1S/C17H27N3O3/c1-17(2,3)20(15-13(18)9-8-10-14(15)22-4)23-16(21)19-11-6-5-7-12-19/h8-10H,5-7,11-12,18H2,1-4H3. The monoisotopic (exact) mass is 321 g/mol. The molecule has 6 nitrogen and oxygen atoms in total. The molecule has 2 rings (SSSR count). The fraction of sp³-hybridized carbons (Fsp3) is 0.588. The van der Waals surface area contributed by atoms with E-state index >= 15 is 0 Å². The average Bonchev–Trinajstić information content (AvgIpc) is 2.52. The number of carbonyl (C=O) groups excluding carboxylic acids is 1. The first-order valence-corrected chi connectivity index (χ1v) is 8.04. The third-order valence-electron chi connectivity index (χ3n) is 3.85. The van der Waals surface area contributed by atoms with E-state index in [2.05, 4.69) is 0 Å². The molecule has 2 N–H and O–H groups in total. The Morgan fingerprint density at radius 2 is 1.87 bits per heavy atom. The molecule has 6 heteroatoms. The highest BCUT2D eigenvalue weighted by atomic mass is 16.7. The summed E-state index contributed by atoms with van der Waals surface area (Å²) in [7, 11) is 1.57. The highest BCUT2D eigenvalue weighted by molar-refractivity contribution is 5.77. The van der Waals surface area contributed by atoms with Gasteiger partial charge >= 0.3 is 6.09 Å². The number of para-hydroxylation sites is 1. The second-order valence-corrected chi connectivity index (χ2v) is 6.77.